The SMILES string of the molecule is CC(=O)CCC(=O)NCCC1CCN(C)CC1. The molecule has 0 aromatic carbocycles. The molecule has 0 aromatic heterocycles. The molecule has 0 aromatic rings. The van der Waals surface area contributed by atoms with Crippen LogP contribution < -0.4 is 5.32 Å². The average molecular weight is 240 g/mol. The Morgan fingerprint density at radius 2 is 1.88 bits per heavy atom. The van der Waals surface area contributed by atoms with Crippen LogP contribution in [0, 0.1) is 5.92 Å². The molecule has 17 heavy (non-hydrogen) atoms. The number of carbonyl (C=O) groups is 2. The first-order valence-corrected chi connectivity index (χ1v) is 6.52. The molecule has 4 nitrogen and oxygen atoms in total. The quantitative estimate of drug-likeness (QED) is 0.759. The number of Topliss-reactive ketones (excluding diaryl/α,β-unsaturated/α-hetero) is 1. The highest BCUT2D eigenvalue weighted by atomic mass is 16.2. The van der Waals surface area contributed by atoms with Crippen molar-refractivity contribution in [2.45, 2.75) is 39.0 Å². The van der Waals surface area contributed by atoms with Crippen LogP contribution in [0.15, 0.2) is 0 Å². The Kier molecular flexibility index (Phi) is 6.19. The Hall–Kier alpha value is -0.900. The molecule has 1 aliphatic rings. The van der Waals surface area contributed by atoms with Gasteiger partial charge in [-0.25, -0.2) is 0 Å². The topological polar surface area (TPSA) is 49.4 Å². The van der Waals surface area contributed by atoms with Gasteiger partial charge in [0.25, 0.3) is 0 Å². The number of piperidine rings is 1. The maximum absolute atomic E-state index is 11.4. The van der Waals surface area contributed by atoms with Crippen molar-refractivity contribution in [3.05, 3.63) is 0 Å². The van der Waals surface area contributed by atoms with Crippen LogP contribution in [-0.4, -0.2) is 43.3 Å². The third kappa shape index (κ3) is 6.41. The van der Waals surface area contributed by atoms with E-state index in [2.05, 4.69) is 17.3 Å². The van der Waals surface area contributed by atoms with Crippen molar-refractivity contribution >= 4 is 11.7 Å². The summed E-state index contributed by atoms with van der Waals surface area (Å²) < 4.78 is 0. The van der Waals surface area contributed by atoms with Crippen LogP contribution in [0.2, 0.25) is 0 Å². The van der Waals surface area contributed by atoms with Crippen molar-refractivity contribution < 1.29 is 9.59 Å². The highest BCUT2D eigenvalue weighted by Gasteiger charge is 2.16. The zero-order valence-electron chi connectivity index (χ0n) is 11.0. The fourth-order valence-corrected chi connectivity index (χ4v) is 2.14. The van der Waals surface area contributed by atoms with Gasteiger partial charge in [-0.3, -0.25) is 4.79 Å². The Labute approximate surface area is 104 Å². The maximum atomic E-state index is 11.4. The zero-order valence-corrected chi connectivity index (χ0v) is 11.0. The number of carbonyl (C=O) groups excluding carboxylic acids is 2. The first kappa shape index (κ1) is 14.2. The second-order valence-corrected chi connectivity index (χ2v) is 5.09. The molecule has 0 aliphatic carbocycles. The number of ketones is 1. The monoisotopic (exact) mass is 240 g/mol. The predicted molar refractivity (Wildman–Crippen MR) is 67.8 cm³/mol. The molecule has 0 spiro atoms. The van der Waals surface area contributed by atoms with E-state index in [-0.39, 0.29) is 11.7 Å². The number of likely N-dealkylation sites (tertiary alicyclic amines) is 1. The molecule has 0 unspecified atom stereocenters. The molecule has 1 fully saturated rings. The second-order valence-electron chi connectivity index (χ2n) is 5.09. The fraction of sp³-hybridized carbons (Fsp3) is 0.846. The predicted octanol–water partition coefficient (Wildman–Crippen LogP) is 1.20. The van der Waals surface area contributed by atoms with Gasteiger partial charge in [0, 0.05) is 19.4 Å². The Bertz CT molecular complexity index is 258. The average Bonchev–Trinajstić information content (AvgIpc) is 2.29. The molecule has 1 aliphatic heterocycles. The summed E-state index contributed by atoms with van der Waals surface area (Å²) in [7, 11) is 2.15. The molecule has 1 rings (SSSR count). The Balaban J connectivity index is 2.03. The smallest absolute Gasteiger partial charge is 0.220 e. The minimum Gasteiger partial charge on any atom is -0.356 e. The van der Waals surface area contributed by atoms with E-state index in [9.17, 15) is 9.59 Å². The van der Waals surface area contributed by atoms with Crippen LogP contribution in [0.5, 0.6) is 0 Å². The first-order chi connectivity index (χ1) is 8.08. The van der Waals surface area contributed by atoms with Gasteiger partial charge < -0.3 is 15.0 Å². The normalized spacial score (nSPS) is 18.0. The molecule has 1 amide bonds. The van der Waals surface area contributed by atoms with Crippen LogP contribution in [-0.2, 0) is 9.59 Å². The van der Waals surface area contributed by atoms with E-state index in [4.69, 9.17) is 0 Å². The number of nitrogens with zero attached hydrogens (tertiary/aromatic N) is 1. The lowest BCUT2D eigenvalue weighted by atomic mass is 9.94. The van der Waals surface area contributed by atoms with E-state index in [0.717, 1.165) is 18.9 Å². The summed E-state index contributed by atoms with van der Waals surface area (Å²) in [6.07, 6.45) is 4.24. The largest absolute Gasteiger partial charge is 0.356 e. The lowest BCUT2D eigenvalue weighted by molar-refractivity contribution is -0.124. The van der Waals surface area contributed by atoms with Gasteiger partial charge >= 0.3 is 0 Å². The van der Waals surface area contributed by atoms with Gasteiger partial charge in [0.05, 0.1) is 0 Å². The van der Waals surface area contributed by atoms with Crippen LogP contribution in [0.25, 0.3) is 0 Å². The first-order valence-electron chi connectivity index (χ1n) is 6.52. The van der Waals surface area contributed by atoms with E-state index >= 15 is 0 Å². The fourth-order valence-electron chi connectivity index (χ4n) is 2.14. The number of rotatable bonds is 6. The molecule has 4 heteroatoms. The van der Waals surface area contributed by atoms with Crippen LogP contribution in [0.3, 0.4) is 0 Å². The lowest BCUT2D eigenvalue weighted by Crippen LogP contribution is -2.32. The van der Waals surface area contributed by atoms with Gasteiger partial charge in [0.1, 0.15) is 5.78 Å². The number of nitrogens with one attached hydrogen (secondary N) is 1. The number of hydrogen-bond acceptors (Lipinski definition) is 3. The van der Waals surface area contributed by atoms with Gasteiger partial charge in [-0.15, -0.1) is 0 Å². The number of hydrogen-bond donors (Lipinski definition) is 1. The zero-order chi connectivity index (χ0) is 12.7. The standard InChI is InChI=1S/C13H24N2O2/c1-11(16)3-4-13(17)14-8-5-12-6-9-15(2)10-7-12/h12H,3-10H2,1-2H3,(H,14,17). The van der Waals surface area contributed by atoms with Crippen LogP contribution >= 0.6 is 0 Å². The minimum absolute atomic E-state index is 0.00753. The van der Waals surface area contributed by atoms with E-state index in [1.54, 1.807) is 0 Å². The molecular formula is C13H24N2O2. The lowest BCUT2D eigenvalue weighted by Gasteiger charge is -2.28. The molecule has 1 saturated heterocycles. The van der Waals surface area contributed by atoms with Gasteiger partial charge in [0.15, 0.2) is 0 Å². The van der Waals surface area contributed by atoms with Crippen molar-refractivity contribution in [1.82, 2.24) is 10.2 Å². The summed E-state index contributed by atoms with van der Waals surface area (Å²) in [5.41, 5.74) is 0. The molecule has 0 radical (unpaired) electrons. The summed E-state index contributed by atoms with van der Waals surface area (Å²) in [6, 6.07) is 0. The van der Waals surface area contributed by atoms with Gasteiger partial charge in [-0.2, -0.15) is 0 Å². The third-order valence-corrected chi connectivity index (χ3v) is 3.42. The van der Waals surface area contributed by atoms with Gasteiger partial charge in [-0.05, 0) is 52.2 Å². The van der Waals surface area contributed by atoms with Crippen molar-refractivity contribution in [3.8, 4) is 0 Å². The summed E-state index contributed by atoms with van der Waals surface area (Å²) in [5.74, 6) is 0.836. The van der Waals surface area contributed by atoms with Crippen molar-refractivity contribution in [1.29, 1.82) is 0 Å². The van der Waals surface area contributed by atoms with Crippen molar-refractivity contribution in [2.24, 2.45) is 5.92 Å². The highest BCUT2D eigenvalue weighted by Crippen LogP contribution is 2.18. The summed E-state index contributed by atoms with van der Waals surface area (Å²) >= 11 is 0. The number of amides is 1. The highest BCUT2D eigenvalue weighted by molar-refractivity contribution is 5.83. The molecule has 0 bridgehead atoms. The second kappa shape index (κ2) is 7.43. The molecule has 0 atom stereocenters. The molecule has 98 valence electrons. The van der Waals surface area contributed by atoms with E-state index in [1.807, 2.05) is 0 Å². The molecule has 1 N–H and O–H groups in total. The summed E-state index contributed by atoms with van der Waals surface area (Å²) in [6.45, 7) is 4.61. The van der Waals surface area contributed by atoms with Crippen molar-refractivity contribution in [2.75, 3.05) is 26.7 Å². The van der Waals surface area contributed by atoms with Crippen molar-refractivity contribution in [3.63, 3.8) is 0 Å². The van der Waals surface area contributed by atoms with Crippen LogP contribution in [0.4, 0.5) is 0 Å². The van der Waals surface area contributed by atoms with Crippen LogP contribution in [0.1, 0.15) is 39.0 Å². The van der Waals surface area contributed by atoms with E-state index < -0.39 is 0 Å². The molecular weight excluding hydrogens is 216 g/mol. The van der Waals surface area contributed by atoms with Gasteiger partial charge in [0.2, 0.25) is 5.91 Å². The summed E-state index contributed by atoms with van der Waals surface area (Å²) in [5, 5.41) is 2.89. The molecule has 0 saturated carbocycles. The van der Waals surface area contributed by atoms with E-state index in [1.165, 1.54) is 32.9 Å². The summed E-state index contributed by atoms with van der Waals surface area (Å²) in [4.78, 5) is 24.4. The van der Waals surface area contributed by atoms with Gasteiger partial charge in [-0.1, -0.05) is 0 Å². The molecule has 1 heterocycles. The minimum atomic E-state index is 0.00753. The Morgan fingerprint density at radius 3 is 2.47 bits per heavy atom. The van der Waals surface area contributed by atoms with E-state index in [0.29, 0.717) is 12.8 Å². The third-order valence-electron chi connectivity index (χ3n) is 3.42. The Morgan fingerprint density at radius 1 is 1.24 bits per heavy atom. The maximum Gasteiger partial charge on any atom is 0.220 e.